The van der Waals surface area contributed by atoms with E-state index >= 15 is 0 Å². The Morgan fingerprint density at radius 2 is 1.88 bits per heavy atom. The van der Waals surface area contributed by atoms with E-state index in [0.717, 1.165) is 34.7 Å². The fourth-order valence-electron chi connectivity index (χ4n) is 3.69. The zero-order valence-corrected chi connectivity index (χ0v) is 19.7. The first-order valence-corrected chi connectivity index (χ1v) is 11.3. The summed E-state index contributed by atoms with van der Waals surface area (Å²) in [6.45, 7) is 13.4. The molecule has 0 aliphatic rings. The Morgan fingerprint density at radius 3 is 2.53 bits per heavy atom. The quantitative estimate of drug-likeness (QED) is 0.387. The van der Waals surface area contributed by atoms with E-state index in [9.17, 15) is 5.11 Å². The summed E-state index contributed by atoms with van der Waals surface area (Å²) in [6.07, 6.45) is 2.97. The van der Waals surface area contributed by atoms with Crippen molar-refractivity contribution in [3.63, 3.8) is 0 Å². The lowest BCUT2D eigenvalue weighted by Crippen LogP contribution is -2.37. The van der Waals surface area contributed by atoms with Crippen molar-refractivity contribution in [2.75, 3.05) is 6.54 Å². The van der Waals surface area contributed by atoms with Crippen molar-refractivity contribution in [3.8, 4) is 17.3 Å². The van der Waals surface area contributed by atoms with E-state index in [-0.39, 0.29) is 6.04 Å². The number of ether oxygens (including phenoxy) is 1. The summed E-state index contributed by atoms with van der Waals surface area (Å²) in [7, 11) is 0. The van der Waals surface area contributed by atoms with Crippen LogP contribution in [-0.2, 0) is 6.54 Å². The van der Waals surface area contributed by atoms with Gasteiger partial charge in [0.25, 0.3) is 0 Å². The maximum Gasteiger partial charge on any atom is 0.227 e. The van der Waals surface area contributed by atoms with Crippen LogP contribution < -0.4 is 4.74 Å². The van der Waals surface area contributed by atoms with E-state index in [4.69, 9.17) is 9.84 Å². The second-order valence-electron chi connectivity index (χ2n) is 8.58. The lowest BCUT2D eigenvalue weighted by molar-refractivity contribution is 0.0849. The molecule has 0 fully saturated rings. The highest BCUT2D eigenvalue weighted by molar-refractivity contribution is 5.43. The van der Waals surface area contributed by atoms with Crippen LogP contribution in [-0.4, -0.2) is 38.5 Å². The first-order chi connectivity index (χ1) is 15.4. The van der Waals surface area contributed by atoms with Crippen molar-refractivity contribution in [2.45, 2.75) is 59.2 Å². The summed E-state index contributed by atoms with van der Waals surface area (Å²) in [5.41, 5.74) is 4.04. The molecule has 1 heterocycles. The molecule has 170 valence electrons. The molecule has 0 amide bonds. The topological polar surface area (TPSA) is 50.5 Å². The van der Waals surface area contributed by atoms with Crippen LogP contribution in [0.1, 0.15) is 43.5 Å². The number of benzene rings is 2. The Balaban J connectivity index is 1.98. The van der Waals surface area contributed by atoms with E-state index in [0.29, 0.717) is 25.4 Å². The summed E-state index contributed by atoms with van der Waals surface area (Å²) in [5, 5.41) is 15.4. The van der Waals surface area contributed by atoms with Gasteiger partial charge in [-0.15, -0.1) is 6.58 Å². The summed E-state index contributed by atoms with van der Waals surface area (Å²) in [6, 6.07) is 18.4. The summed E-state index contributed by atoms with van der Waals surface area (Å²) < 4.78 is 8.32. The molecule has 32 heavy (non-hydrogen) atoms. The molecule has 1 atom stereocenters. The Labute approximate surface area is 192 Å². The number of aromatic nitrogens is 2. The minimum Gasteiger partial charge on any atom is -0.439 e. The number of rotatable bonds is 11. The fraction of sp³-hybridized carbons (Fsp3) is 0.370. The molecule has 0 saturated carbocycles. The standard InChI is InChI=1S/C27H35N3O2/c1-6-7-15-24(31)18-29(20(2)3)19-26-22(5)28-30(23-13-9-8-10-14-23)27(26)32-25-16-11-12-21(4)17-25/h6,8-14,16-17,20,24,31H,1,7,15,18-19H2,2-5H3. The predicted octanol–water partition coefficient (Wildman–Crippen LogP) is 5.82. The smallest absolute Gasteiger partial charge is 0.227 e. The van der Waals surface area contributed by atoms with Gasteiger partial charge in [-0.3, -0.25) is 4.90 Å². The molecule has 0 spiro atoms. The van der Waals surface area contributed by atoms with Crippen LogP contribution in [0.25, 0.3) is 5.69 Å². The zero-order valence-electron chi connectivity index (χ0n) is 19.7. The molecular formula is C27H35N3O2. The number of para-hydroxylation sites is 1. The monoisotopic (exact) mass is 433 g/mol. The fourth-order valence-corrected chi connectivity index (χ4v) is 3.69. The summed E-state index contributed by atoms with van der Waals surface area (Å²) in [4.78, 5) is 2.27. The third-order valence-electron chi connectivity index (χ3n) is 5.58. The van der Waals surface area contributed by atoms with Crippen molar-refractivity contribution in [1.29, 1.82) is 0 Å². The van der Waals surface area contributed by atoms with Crippen molar-refractivity contribution in [2.24, 2.45) is 0 Å². The third-order valence-corrected chi connectivity index (χ3v) is 5.58. The molecule has 0 aliphatic carbocycles. The van der Waals surface area contributed by atoms with Crippen LogP contribution in [0.15, 0.2) is 67.3 Å². The minimum absolute atomic E-state index is 0.264. The molecule has 5 nitrogen and oxygen atoms in total. The second-order valence-corrected chi connectivity index (χ2v) is 8.58. The molecule has 3 rings (SSSR count). The average molecular weight is 434 g/mol. The normalized spacial score (nSPS) is 12.3. The number of aliphatic hydroxyl groups excluding tert-OH is 1. The van der Waals surface area contributed by atoms with Crippen LogP contribution in [0.5, 0.6) is 11.6 Å². The third kappa shape index (κ3) is 6.09. The molecule has 0 saturated heterocycles. The van der Waals surface area contributed by atoms with Crippen LogP contribution >= 0.6 is 0 Å². The van der Waals surface area contributed by atoms with Gasteiger partial charge in [-0.2, -0.15) is 5.10 Å². The number of hydrogen-bond donors (Lipinski definition) is 1. The van der Waals surface area contributed by atoms with Crippen LogP contribution in [0.4, 0.5) is 0 Å². The van der Waals surface area contributed by atoms with E-state index in [1.807, 2.05) is 66.2 Å². The van der Waals surface area contributed by atoms with Gasteiger partial charge in [-0.1, -0.05) is 36.4 Å². The molecule has 5 heteroatoms. The van der Waals surface area contributed by atoms with Gasteiger partial charge in [0.1, 0.15) is 5.75 Å². The largest absolute Gasteiger partial charge is 0.439 e. The van der Waals surface area contributed by atoms with Crippen LogP contribution in [0, 0.1) is 13.8 Å². The van der Waals surface area contributed by atoms with Gasteiger partial charge in [0.2, 0.25) is 5.88 Å². The number of allylic oxidation sites excluding steroid dienone is 1. The number of nitrogens with zero attached hydrogens (tertiary/aromatic N) is 3. The first kappa shape index (κ1) is 23.8. The molecule has 1 N–H and O–H groups in total. The van der Waals surface area contributed by atoms with E-state index in [1.54, 1.807) is 0 Å². The highest BCUT2D eigenvalue weighted by atomic mass is 16.5. The molecule has 2 aromatic carbocycles. The summed E-state index contributed by atoms with van der Waals surface area (Å²) in [5.74, 6) is 1.50. The van der Waals surface area contributed by atoms with Crippen molar-refractivity contribution in [1.82, 2.24) is 14.7 Å². The molecular weight excluding hydrogens is 398 g/mol. The maximum absolute atomic E-state index is 10.5. The van der Waals surface area contributed by atoms with Gasteiger partial charge in [-0.25, -0.2) is 4.68 Å². The van der Waals surface area contributed by atoms with Gasteiger partial charge < -0.3 is 9.84 Å². The van der Waals surface area contributed by atoms with Gasteiger partial charge in [0.15, 0.2) is 0 Å². The van der Waals surface area contributed by atoms with E-state index < -0.39 is 6.10 Å². The minimum atomic E-state index is -0.402. The zero-order chi connectivity index (χ0) is 23.1. The first-order valence-electron chi connectivity index (χ1n) is 11.3. The summed E-state index contributed by atoms with van der Waals surface area (Å²) >= 11 is 0. The van der Waals surface area contributed by atoms with Crippen LogP contribution in [0.3, 0.4) is 0 Å². The Morgan fingerprint density at radius 1 is 1.12 bits per heavy atom. The van der Waals surface area contributed by atoms with Crippen molar-refractivity contribution in [3.05, 3.63) is 84.1 Å². The Bertz CT molecular complexity index is 1010. The molecule has 0 bridgehead atoms. The molecule has 1 unspecified atom stereocenters. The highest BCUT2D eigenvalue weighted by Gasteiger charge is 2.23. The van der Waals surface area contributed by atoms with E-state index in [1.165, 1.54) is 0 Å². The number of aliphatic hydroxyl groups is 1. The Hall–Kier alpha value is -2.89. The average Bonchev–Trinajstić information content (AvgIpc) is 3.07. The molecule has 0 aliphatic heterocycles. The van der Waals surface area contributed by atoms with Gasteiger partial charge >= 0.3 is 0 Å². The van der Waals surface area contributed by atoms with Crippen molar-refractivity contribution < 1.29 is 9.84 Å². The second kappa shape index (κ2) is 11.1. The van der Waals surface area contributed by atoms with Crippen LogP contribution in [0.2, 0.25) is 0 Å². The Kier molecular flexibility index (Phi) is 8.26. The van der Waals surface area contributed by atoms with Gasteiger partial charge in [-0.05, 0) is 70.4 Å². The van der Waals surface area contributed by atoms with Gasteiger partial charge in [0.05, 0.1) is 23.0 Å². The van der Waals surface area contributed by atoms with Gasteiger partial charge in [0, 0.05) is 19.1 Å². The highest BCUT2D eigenvalue weighted by Crippen LogP contribution is 2.32. The predicted molar refractivity (Wildman–Crippen MR) is 131 cm³/mol. The molecule has 3 aromatic rings. The number of hydrogen-bond acceptors (Lipinski definition) is 4. The van der Waals surface area contributed by atoms with E-state index in [2.05, 4.69) is 38.3 Å². The SMILES string of the molecule is C=CCCC(O)CN(Cc1c(C)nn(-c2ccccc2)c1Oc1cccc(C)c1)C(C)C. The number of aryl methyl sites for hydroxylation is 2. The molecule has 0 radical (unpaired) electrons. The maximum atomic E-state index is 10.5. The lowest BCUT2D eigenvalue weighted by atomic mass is 10.1. The lowest BCUT2D eigenvalue weighted by Gasteiger charge is -2.29. The molecule has 1 aromatic heterocycles. The van der Waals surface area contributed by atoms with Crippen molar-refractivity contribution >= 4 is 0 Å².